The SMILES string of the molecule is CCOC(=O)[C@H]1[C@@H]([Si]23O[Si]4(C5CCCC5)O[Si]5(C6CCCC6)O[Si]6(C7CCCC7)O[Si](C7CCCC7)(O4)O[Si](C4CCCC4)(O[Si](C4CCCC4)(O6)O[Si](C4CCCC4)(O5)O2)O3)CON1C. The highest BCUT2D eigenvalue weighted by Crippen LogP contribution is 2.67. The lowest BCUT2D eigenvalue weighted by molar-refractivity contribution is -0.164. The molecule has 0 unspecified atom stereocenters. The van der Waals surface area contributed by atoms with Crippen LogP contribution in [0.5, 0.6) is 0 Å². The Kier molecular flexibility index (Phi) is 12.2. The minimum atomic E-state index is -4.52. The van der Waals surface area contributed by atoms with Crippen molar-refractivity contribution in [2.24, 2.45) is 0 Å². The topological polar surface area (TPSA) is 150 Å². The van der Waals surface area contributed by atoms with Crippen LogP contribution in [0.4, 0.5) is 0 Å². The third-order valence-electron chi connectivity index (χ3n) is 18.6. The minimum Gasteiger partial charge on any atom is -0.465 e. The maximum atomic E-state index is 14.6. The Morgan fingerprint density at radius 2 is 0.606 bits per heavy atom. The van der Waals surface area contributed by atoms with Gasteiger partial charge in [0.25, 0.3) is 0 Å². The van der Waals surface area contributed by atoms with Crippen LogP contribution in [0.1, 0.15) is 187 Å². The van der Waals surface area contributed by atoms with Crippen molar-refractivity contribution in [1.82, 2.24) is 5.06 Å². The number of hydroxylamine groups is 2. The van der Waals surface area contributed by atoms with Gasteiger partial charge in [-0.05, 0) is 96.8 Å². The van der Waals surface area contributed by atoms with E-state index >= 15 is 0 Å². The van der Waals surface area contributed by atoms with E-state index in [2.05, 4.69) is 0 Å². The standard InChI is InChI=1S/C42H75NO15Si8/c1-3-45-42(44)41-40(32-46-43(41)2)66-56-63(37-26-12-13-27-37)50-60(34-20-6-7-21-34)47-59(33-18-4-5-19-33)48-61(52-63,35-22-8-9-23-35)54-65(58-66,39-30-16-17-31-39)55-62(49-59,36-24-10-11-25-36)53-64(51-60,57-66)38-28-14-15-29-38/h33-41H,3-32H2,1-2H3/t40-,41+,59?,60?,61?,62?,63?,64?,65?,66?/m0/s1. The molecule has 0 radical (unpaired) electrons. The Balaban J connectivity index is 1.14. The molecule has 14 fully saturated rings. The molecule has 7 saturated carbocycles. The number of hydrogen-bond acceptors (Lipinski definition) is 16. The molecule has 370 valence electrons. The van der Waals surface area contributed by atoms with Crippen molar-refractivity contribution in [3.63, 3.8) is 0 Å². The van der Waals surface area contributed by atoms with Crippen LogP contribution >= 0.6 is 0 Å². The van der Waals surface area contributed by atoms with Crippen molar-refractivity contribution in [3.8, 4) is 0 Å². The van der Waals surface area contributed by atoms with Crippen LogP contribution in [-0.4, -0.2) is 108 Å². The van der Waals surface area contributed by atoms with E-state index in [1.165, 1.54) is 0 Å². The van der Waals surface area contributed by atoms with E-state index in [0.717, 1.165) is 180 Å². The molecule has 0 aromatic heterocycles. The van der Waals surface area contributed by atoms with Crippen LogP contribution in [0.25, 0.3) is 0 Å². The first-order chi connectivity index (χ1) is 32.1. The highest BCUT2D eigenvalue weighted by atomic mass is 28.6. The van der Waals surface area contributed by atoms with Gasteiger partial charge in [-0.2, -0.15) is 5.06 Å². The maximum Gasteiger partial charge on any atom is 0.486 e. The number of esters is 1. The first-order valence-electron chi connectivity index (χ1n) is 27.0. The number of nitrogens with zero attached hydrogens (tertiary/aromatic N) is 1. The van der Waals surface area contributed by atoms with Crippen LogP contribution in [0.15, 0.2) is 0 Å². The lowest BCUT2D eigenvalue weighted by Gasteiger charge is -2.67. The van der Waals surface area contributed by atoms with Gasteiger partial charge in [0.15, 0.2) is 0 Å². The van der Waals surface area contributed by atoms with Crippen LogP contribution in [0.3, 0.4) is 0 Å². The number of carbonyl (C=O) groups is 1. The molecule has 7 aliphatic heterocycles. The van der Waals surface area contributed by atoms with Gasteiger partial charge in [-0.3, -0.25) is 9.63 Å². The summed E-state index contributed by atoms with van der Waals surface area (Å²) in [5.41, 5.74) is -1.08. The molecule has 7 heterocycles. The zero-order valence-electron chi connectivity index (χ0n) is 39.5. The Bertz CT molecular complexity index is 1640. The molecule has 8 bridgehead atoms. The predicted octanol–water partition coefficient (Wildman–Crippen LogP) is 9.55. The van der Waals surface area contributed by atoms with E-state index in [1.807, 2.05) is 14.0 Å². The second kappa shape index (κ2) is 17.4. The molecular weight excluding hydrogens is 983 g/mol. The summed E-state index contributed by atoms with van der Waals surface area (Å²) < 4.78 is 108. The van der Waals surface area contributed by atoms with Crippen LogP contribution in [0, 0.1) is 0 Å². The monoisotopic (exact) mass is 1060 g/mol. The van der Waals surface area contributed by atoms with Gasteiger partial charge in [-0.1, -0.05) is 89.9 Å². The molecule has 0 amide bonds. The number of hydrogen-bond donors (Lipinski definition) is 0. The summed E-state index contributed by atoms with van der Waals surface area (Å²) in [6.07, 6.45) is 27.3. The molecule has 16 nitrogen and oxygen atoms in total. The summed E-state index contributed by atoms with van der Waals surface area (Å²) in [6, 6.07) is -0.895. The Morgan fingerprint density at radius 1 is 0.394 bits per heavy atom. The summed E-state index contributed by atoms with van der Waals surface area (Å²) in [5.74, 6) is -0.398. The average molecular weight is 1060 g/mol. The third-order valence-corrected chi connectivity index (χ3v) is 58.4. The first-order valence-corrected chi connectivity index (χ1v) is 41.5. The molecule has 0 aromatic carbocycles. The Morgan fingerprint density at radius 3 is 0.818 bits per heavy atom. The molecule has 0 aromatic rings. The van der Waals surface area contributed by atoms with Crippen molar-refractivity contribution in [1.29, 1.82) is 0 Å². The highest BCUT2D eigenvalue weighted by molar-refractivity contribution is 7.05. The predicted molar refractivity (Wildman–Crippen MR) is 252 cm³/mol. The summed E-state index contributed by atoms with van der Waals surface area (Å²) in [7, 11) is -31.4. The summed E-state index contributed by atoms with van der Waals surface area (Å²) in [4.78, 5) is 21.1. The van der Waals surface area contributed by atoms with E-state index in [4.69, 9.17) is 59.0 Å². The fourth-order valence-corrected chi connectivity index (χ4v) is 71.9. The van der Waals surface area contributed by atoms with Gasteiger partial charge in [-0.15, -0.1) is 0 Å². The zero-order chi connectivity index (χ0) is 44.5. The van der Waals surface area contributed by atoms with Crippen LogP contribution in [0.2, 0.25) is 44.3 Å². The molecule has 14 rings (SSSR count). The molecule has 2 atom stereocenters. The van der Waals surface area contributed by atoms with Crippen molar-refractivity contribution in [3.05, 3.63) is 0 Å². The molecular formula is C42H75NO15Si8. The first kappa shape index (κ1) is 46.4. The van der Waals surface area contributed by atoms with Gasteiger partial charge in [0, 0.05) is 45.8 Å². The van der Waals surface area contributed by atoms with Crippen molar-refractivity contribution in [2.45, 2.75) is 237 Å². The fourth-order valence-electron chi connectivity index (χ4n) is 15.3. The smallest absolute Gasteiger partial charge is 0.465 e. The van der Waals surface area contributed by atoms with Gasteiger partial charge < -0.3 is 54.1 Å². The van der Waals surface area contributed by atoms with Crippen LogP contribution < -0.4 is 0 Å². The second-order valence-electron chi connectivity index (χ2n) is 22.6. The minimum absolute atomic E-state index is 0.0134. The summed E-state index contributed by atoms with van der Waals surface area (Å²) >= 11 is 0. The van der Waals surface area contributed by atoms with Crippen LogP contribution in [-0.2, 0) is 63.8 Å². The third kappa shape index (κ3) is 7.28. The number of rotatable bonds is 10. The van der Waals surface area contributed by atoms with E-state index < -0.39 is 88.0 Å². The number of carbonyl (C=O) groups excluding carboxylic acids is 1. The zero-order valence-corrected chi connectivity index (χ0v) is 47.5. The van der Waals surface area contributed by atoms with Gasteiger partial charge in [0.1, 0.15) is 6.04 Å². The molecule has 0 spiro atoms. The van der Waals surface area contributed by atoms with Crippen molar-refractivity contribution >= 4 is 76.4 Å². The van der Waals surface area contributed by atoms with E-state index in [1.54, 1.807) is 5.06 Å². The van der Waals surface area contributed by atoms with Crippen molar-refractivity contribution < 1.29 is 63.8 Å². The van der Waals surface area contributed by atoms with Gasteiger partial charge in [0.05, 0.1) is 18.8 Å². The van der Waals surface area contributed by atoms with E-state index in [0.29, 0.717) is 0 Å². The lowest BCUT2D eigenvalue weighted by Crippen LogP contribution is -2.91. The van der Waals surface area contributed by atoms with E-state index in [-0.39, 0.29) is 52.0 Å². The number of ether oxygens (including phenoxy) is 1. The van der Waals surface area contributed by atoms with Crippen molar-refractivity contribution in [2.75, 3.05) is 20.3 Å². The summed E-state index contributed by atoms with van der Waals surface area (Å²) in [6.45, 7) is 2.19. The van der Waals surface area contributed by atoms with Gasteiger partial charge in [0.2, 0.25) is 0 Å². The highest BCUT2D eigenvalue weighted by Gasteiger charge is 2.89. The maximum absolute atomic E-state index is 14.6. The van der Waals surface area contributed by atoms with Gasteiger partial charge >= 0.3 is 76.4 Å². The average Bonchev–Trinajstić information content (AvgIpc) is 4.12. The normalized spacial score (nSPS) is 49.1. The molecule has 24 heteroatoms. The molecule has 7 aliphatic carbocycles. The second-order valence-corrected chi connectivity index (χ2v) is 48.5. The van der Waals surface area contributed by atoms with E-state index in [9.17, 15) is 4.79 Å². The molecule has 14 aliphatic rings. The quantitative estimate of drug-likeness (QED) is 0.151. The fraction of sp³-hybridized carbons (Fsp3) is 0.976. The Hall–Kier alpha value is 0.645. The molecule has 7 saturated heterocycles. The Labute approximate surface area is 400 Å². The summed E-state index contributed by atoms with van der Waals surface area (Å²) in [5, 5.41) is 1.64. The molecule has 0 N–H and O–H groups in total. The largest absolute Gasteiger partial charge is 0.486 e. The van der Waals surface area contributed by atoms with Gasteiger partial charge in [-0.25, -0.2) is 0 Å². The molecule has 66 heavy (non-hydrogen) atoms. The lowest BCUT2D eigenvalue weighted by atomic mass is 10.2. The number of likely N-dealkylation sites (N-methyl/N-ethyl adjacent to an activating group) is 1.